The molecule has 1 saturated heterocycles. The van der Waals surface area contributed by atoms with Gasteiger partial charge < -0.3 is 19.8 Å². The summed E-state index contributed by atoms with van der Waals surface area (Å²) in [5.74, 6) is 3.09. The molecule has 4 saturated carbocycles. The first-order valence-corrected chi connectivity index (χ1v) is 16.1. The van der Waals surface area contributed by atoms with E-state index in [9.17, 15) is 14.7 Å². The third-order valence-corrected chi connectivity index (χ3v) is 10.8. The minimum Gasteiger partial charge on any atom is -0.508 e. The summed E-state index contributed by atoms with van der Waals surface area (Å²) in [4.78, 5) is 33.0. The van der Waals surface area contributed by atoms with Crippen LogP contribution in [0.15, 0.2) is 66.7 Å². The number of phenolic OH excluding ortho intramolecular Hbond substituents is 1. The van der Waals surface area contributed by atoms with Gasteiger partial charge in [-0.3, -0.25) is 9.59 Å². The van der Waals surface area contributed by atoms with Crippen LogP contribution in [0.4, 0.5) is 5.69 Å². The molecule has 6 heteroatoms. The summed E-state index contributed by atoms with van der Waals surface area (Å²) < 4.78 is 0. The number of piperazine rings is 1. The first kappa shape index (κ1) is 28.0. The summed E-state index contributed by atoms with van der Waals surface area (Å²) in [7, 11) is 1.99. The van der Waals surface area contributed by atoms with Gasteiger partial charge in [-0.25, -0.2) is 0 Å². The maximum Gasteiger partial charge on any atom is 0.253 e. The van der Waals surface area contributed by atoms with E-state index in [4.69, 9.17) is 0 Å². The van der Waals surface area contributed by atoms with Gasteiger partial charge in [0.1, 0.15) is 5.75 Å². The molecule has 4 bridgehead atoms. The van der Waals surface area contributed by atoms with Gasteiger partial charge in [-0.1, -0.05) is 18.2 Å². The molecular weight excluding hydrogens is 534 g/mol. The van der Waals surface area contributed by atoms with E-state index in [1.54, 1.807) is 12.1 Å². The standard InChI is InChI=1S/C37H43N3O3/c1-25-16-31(8-11-34(25)30-4-3-5-33(41)20-30)36(43)40-14-12-39(13-15-40)32-9-6-29(7-10-32)35(42)38(2)24-37-21-26-17-27(22-37)19-28(18-26)23-37/h3-11,16,20,26-28,41H,12-15,17-19,21-24H2,1-2H3. The van der Waals surface area contributed by atoms with Gasteiger partial charge >= 0.3 is 0 Å². The van der Waals surface area contributed by atoms with Crippen molar-refractivity contribution in [1.82, 2.24) is 9.80 Å². The number of aromatic hydroxyl groups is 1. The molecule has 224 valence electrons. The summed E-state index contributed by atoms with van der Waals surface area (Å²) in [6.45, 7) is 5.71. The number of hydrogen-bond donors (Lipinski definition) is 1. The first-order valence-electron chi connectivity index (χ1n) is 16.1. The van der Waals surface area contributed by atoms with Crippen LogP contribution in [0.2, 0.25) is 0 Å². The predicted molar refractivity (Wildman–Crippen MR) is 170 cm³/mol. The molecular formula is C37H43N3O3. The van der Waals surface area contributed by atoms with Gasteiger partial charge in [0.25, 0.3) is 11.8 Å². The molecule has 0 atom stereocenters. The Morgan fingerprint density at radius 3 is 2.07 bits per heavy atom. The van der Waals surface area contributed by atoms with Crippen molar-refractivity contribution in [2.75, 3.05) is 44.7 Å². The largest absolute Gasteiger partial charge is 0.508 e. The Hall–Kier alpha value is -3.80. The van der Waals surface area contributed by atoms with Gasteiger partial charge in [0.05, 0.1) is 0 Å². The van der Waals surface area contributed by atoms with Crippen molar-refractivity contribution in [3.05, 3.63) is 83.4 Å². The summed E-state index contributed by atoms with van der Waals surface area (Å²) in [5, 5.41) is 9.85. The van der Waals surface area contributed by atoms with Crippen molar-refractivity contribution in [2.45, 2.75) is 45.4 Å². The van der Waals surface area contributed by atoms with Crippen LogP contribution in [0.5, 0.6) is 5.75 Å². The molecule has 0 radical (unpaired) electrons. The van der Waals surface area contributed by atoms with Crippen LogP contribution < -0.4 is 4.90 Å². The smallest absolute Gasteiger partial charge is 0.253 e. The summed E-state index contributed by atoms with van der Waals surface area (Å²) in [6.07, 6.45) is 8.22. The molecule has 5 fully saturated rings. The third-order valence-electron chi connectivity index (χ3n) is 10.8. The van der Waals surface area contributed by atoms with E-state index in [0.29, 0.717) is 24.1 Å². The lowest BCUT2D eigenvalue weighted by Gasteiger charge is -2.57. The van der Waals surface area contributed by atoms with E-state index in [2.05, 4.69) is 17.0 Å². The van der Waals surface area contributed by atoms with Gasteiger partial charge in [-0.15, -0.1) is 0 Å². The van der Waals surface area contributed by atoms with Crippen molar-refractivity contribution in [3.8, 4) is 16.9 Å². The van der Waals surface area contributed by atoms with Crippen LogP contribution in [0.25, 0.3) is 11.1 Å². The summed E-state index contributed by atoms with van der Waals surface area (Å²) in [6, 6.07) is 21.1. The fourth-order valence-corrected chi connectivity index (χ4v) is 9.24. The highest BCUT2D eigenvalue weighted by Crippen LogP contribution is 2.60. The van der Waals surface area contributed by atoms with Crippen LogP contribution in [0, 0.1) is 30.1 Å². The van der Waals surface area contributed by atoms with Gasteiger partial charge in [-0.2, -0.15) is 0 Å². The average molecular weight is 578 g/mol. The van der Waals surface area contributed by atoms with Crippen molar-refractivity contribution in [2.24, 2.45) is 23.2 Å². The molecule has 1 heterocycles. The highest BCUT2D eigenvalue weighted by Gasteiger charge is 2.51. The molecule has 4 aliphatic carbocycles. The highest BCUT2D eigenvalue weighted by molar-refractivity contribution is 5.96. The normalized spacial score (nSPS) is 26.0. The lowest BCUT2D eigenvalue weighted by molar-refractivity contribution is -0.0629. The molecule has 3 aromatic carbocycles. The molecule has 1 aliphatic heterocycles. The number of carbonyl (C=O) groups is 2. The Labute approximate surface area is 255 Å². The molecule has 8 rings (SSSR count). The number of amides is 2. The number of aryl methyl sites for hydroxylation is 1. The van der Waals surface area contributed by atoms with Crippen molar-refractivity contribution < 1.29 is 14.7 Å². The predicted octanol–water partition coefficient (Wildman–Crippen LogP) is 6.62. The Bertz CT molecular complexity index is 1490. The fourth-order valence-electron chi connectivity index (χ4n) is 9.24. The first-order chi connectivity index (χ1) is 20.7. The van der Waals surface area contributed by atoms with E-state index < -0.39 is 0 Å². The second-order valence-electron chi connectivity index (χ2n) is 14.0. The SMILES string of the molecule is Cc1cc(C(=O)N2CCN(c3ccc(C(=O)N(C)CC45CC6CC(CC(C6)C4)C5)cc3)CC2)ccc1-c1cccc(O)c1. The van der Waals surface area contributed by atoms with Crippen LogP contribution >= 0.6 is 0 Å². The lowest BCUT2D eigenvalue weighted by atomic mass is 9.49. The zero-order chi connectivity index (χ0) is 29.7. The minimum atomic E-state index is 0.0493. The zero-order valence-corrected chi connectivity index (χ0v) is 25.5. The van der Waals surface area contributed by atoms with E-state index in [-0.39, 0.29) is 17.6 Å². The number of nitrogens with zero attached hydrogens (tertiary/aromatic N) is 3. The van der Waals surface area contributed by atoms with Crippen LogP contribution in [0.1, 0.15) is 64.8 Å². The third kappa shape index (κ3) is 5.52. The molecule has 1 N–H and O–H groups in total. The van der Waals surface area contributed by atoms with Gasteiger partial charge in [0, 0.05) is 56.6 Å². The summed E-state index contributed by atoms with van der Waals surface area (Å²) >= 11 is 0. The zero-order valence-electron chi connectivity index (χ0n) is 25.5. The molecule has 2 amide bonds. The van der Waals surface area contributed by atoms with E-state index >= 15 is 0 Å². The van der Waals surface area contributed by atoms with Gasteiger partial charge in [0.15, 0.2) is 0 Å². The Morgan fingerprint density at radius 2 is 1.47 bits per heavy atom. The van der Waals surface area contributed by atoms with Crippen molar-refractivity contribution >= 4 is 17.5 Å². The van der Waals surface area contributed by atoms with Crippen LogP contribution in [-0.2, 0) is 0 Å². The molecule has 3 aromatic rings. The van der Waals surface area contributed by atoms with E-state index in [1.165, 1.54) is 38.5 Å². The number of hydrogen-bond acceptors (Lipinski definition) is 4. The fraction of sp³-hybridized carbons (Fsp3) is 0.459. The minimum absolute atomic E-state index is 0.0493. The van der Waals surface area contributed by atoms with Gasteiger partial charge in [-0.05, 0) is 134 Å². The van der Waals surface area contributed by atoms with Crippen LogP contribution in [-0.4, -0.2) is 66.5 Å². The molecule has 0 unspecified atom stereocenters. The van der Waals surface area contributed by atoms with Crippen molar-refractivity contribution in [3.63, 3.8) is 0 Å². The molecule has 43 heavy (non-hydrogen) atoms. The van der Waals surface area contributed by atoms with Crippen molar-refractivity contribution in [1.29, 1.82) is 0 Å². The quantitative estimate of drug-likeness (QED) is 0.358. The van der Waals surface area contributed by atoms with E-state index in [1.807, 2.05) is 66.2 Å². The molecule has 0 aromatic heterocycles. The number of anilines is 1. The molecule has 5 aliphatic rings. The number of benzene rings is 3. The second-order valence-corrected chi connectivity index (χ2v) is 14.0. The Morgan fingerprint density at radius 1 is 0.837 bits per heavy atom. The lowest BCUT2D eigenvalue weighted by Crippen LogP contribution is -2.51. The number of phenols is 1. The highest BCUT2D eigenvalue weighted by atomic mass is 16.3. The van der Waals surface area contributed by atoms with E-state index in [0.717, 1.165) is 65.3 Å². The average Bonchev–Trinajstić information content (AvgIpc) is 2.99. The maximum atomic E-state index is 13.4. The molecule has 6 nitrogen and oxygen atoms in total. The topological polar surface area (TPSA) is 64.1 Å². The second kappa shape index (κ2) is 11.0. The van der Waals surface area contributed by atoms with Gasteiger partial charge in [0.2, 0.25) is 0 Å². The number of rotatable bonds is 6. The van der Waals surface area contributed by atoms with Crippen LogP contribution in [0.3, 0.4) is 0 Å². The Kier molecular flexibility index (Phi) is 7.19. The maximum absolute atomic E-state index is 13.4. The summed E-state index contributed by atoms with van der Waals surface area (Å²) in [5.41, 5.74) is 5.85. The number of carbonyl (C=O) groups excluding carboxylic acids is 2. The molecule has 0 spiro atoms. The monoisotopic (exact) mass is 577 g/mol. The Balaban J connectivity index is 0.943.